The molecule has 2 N–H and O–H groups in total. The van der Waals surface area contributed by atoms with E-state index in [2.05, 4.69) is 20.3 Å². The number of aliphatic carboxylic acids is 1. The number of nitrogens with one attached hydrogen (secondary N) is 1. The molecule has 0 fully saturated rings. The highest BCUT2D eigenvalue weighted by atomic mass is 16.4. The van der Waals surface area contributed by atoms with E-state index in [1.165, 1.54) is 0 Å². The van der Waals surface area contributed by atoms with Crippen LogP contribution in [0.15, 0.2) is 34.7 Å². The van der Waals surface area contributed by atoms with E-state index < -0.39 is 12.0 Å². The van der Waals surface area contributed by atoms with Gasteiger partial charge in [-0.05, 0) is 12.5 Å². The minimum Gasteiger partial charge on any atom is -0.481 e. The van der Waals surface area contributed by atoms with Gasteiger partial charge in [-0.2, -0.15) is 4.98 Å². The van der Waals surface area contributed by atoms with Gasteiger partial charge in [0, 0.05) is 6.92 Å². The van der Waals surface area contributed by atoms with Crippen LogP contribution in [0.25, 0.3) is 11.2 Å². The maximum atomic E-state index is 11.2. The number of anilines is 1. The van der Waals surface area contributed by atoms with Crippen molar-refractivity contribution in [2.24, 2.45) is 0 Å². The highest BCUT2D eigenvalue weighted by Gasteiger charge is 2.19. The van der Waals surface area contributed by atoms with Crippen molar-refractivity contribution >= 4 is 23.0 Å². The Bertz CT molecular complexity index is 845. The summed E-state index contributed by atoms with van der Waals surface area (Å²) in [6, 6.07) is 8.94. The Hall–Kier alpha value is -2.96. The summed E-state index contributed by atoms with van der Waals surface area (Å²) < 4.78 is 5.44. The molecule has 0 aliphatic heterocycles. The zero-order valence-corrected chi connectivity index (χ0v) is 12.8. The lowest BCUT2D eigenvalue weighted by molar-refractivity contribution is -0.137. The van der Waals surface area contributed by atoms with Gasteiger partial charge in [-0.15, -0.1) is 0 Å². The van der Waals surface area contributed by atoms with Gasteiger partial charge >= 0.3 is 5.97 Å². The molecule has 3 aromatic rings. The van der Waals surface area contributed by atoms with Crippen LogP contribution in [-0.2, 0) is 4.79 Å². The largest absolute Gasteiger partial charge is 0.481 e. The number of carbonyl (C=O) groups is 1. The molecular weight excluding hydrogens is 296 g/mol. The molecule has 7 heteroatoms. The van der Waals surface area contributed by atoms with Crippen LogP contribution in [0.4, 0.5) is 5.82 Å². The van der Waals surface area contributed by atoms with Crippen molar-refractivity contribution in [2.45, 2.75) is 26.3 Å². The van der Waals surface area contributed by atoms with Crippen LogP contribution < -0.4 is 5.32 Å². The maximum absolute atomic E-state index is 11.2. The maximum Gasteiger partial charge on any atom is 0.305 e. The van der Waals surface area contributed by atoms with E-state index in [-0.39, 0.29) is 6.42 Å². The summed E-state index contributed by atoms with van der Waals surface area (Å²) in [6.07, 6.45) is -0.0780. The zero-order chi connectivity index (χ0) is 16.4. The Morgan fingerprint density at radius 2 is 1.96 bits per heavy atom. The van der Waals surface area contributed by atoms with Crippen LogP contribution in [0.1, 0.15) is 29.7 Å². The van der Waals surface area contributed by atoms with Crippen LogP contribution in [0.2, 0.25) is 0 Å². The lowest BCUT2D eigenvalue weighted by Crippen LogP contribution is -2.16. The number of oxazole rings is 1. The fourth-order valence-corrected chi connectivity index (χ4v) is 2.41. The summed E-state index contributed by atoms with van der Waals surface area (Å²) in [7, 11) is 0. The molecule has 0 aliphatic carbocycles. The molecule has 0 amide bonds. The number of fused-ring (bicyclic) bond motifs is 1. The molecule has 3 rings (SSSR count). The number of benzene rings is 1. The number of carboxylic acid groups (broad SMARTS) is 1. The fraction of sp³-hybridized carbons (Fsp3) is 0.250. The second-order valence-corrected chi connectivity index (χ2v) is 5.21. The first-order valence-electron chi connectivity index (χ1n) is 7.18. The van der Waals surface area contributed by atoms with Crippen LogP contribution in [0.3, 0.4) is 0 Å². The van der Waals surface area contributed by atoms with Gasteiger partial charge in [0.25, 0.3) is 5.71 Å². The summed E-state index contributed by atoms with van der Waals surface area (Å²) in [5, 5.41) is 12.4. The van der Waals surface area contributed by atoms with E-state index in [1.54, 1.807) is 13.8 Å². The van der Waals surface area contributed by atoms with Crippen molar-refractivity contribution < 1.29 is 14.3 Å². The second kappa shape index (κ2) is 6.04. The lowest BCUT2D eigenvalue weighted by atomic mass is 10.0. The lowest BCUT2D eigenvalue weighted by Gasteiger charge is -2.18. The van der Waals surface area contributed by atoms with Crippen molar-refractivity contribution in [3.63, 3.8) is 0 Å². The molecule has 118 valence electrons. The normalized spacial score (nSPS) is 12.3. The van der Waals surface area contributed by atoms with Crippen molar-refractivity contribution in [1.82, 2.24) is 15.0 Å². The Kier molecular flexibility index (Phi) is 3.92. The number of aryl methyl sites for hydroxylation is 2. The van der Waals surface area contributed by atoms with Crippen LogP contribution in [-0.4, -0.2) is 26.0 Å². The number of hydrogen-bond donors (Lipinski definition) is 2. The summed E-state index contributed by atoms with van der Waals surface area (Å²) in [4.78, 5) is 24.0. The minimum atomic E-state index is -0.898. The summed E-state index contributed by atoms with van der Waals surface area (Å²) in [5.74, 6) is 0.583. The van der Waals surface area contributed by atoms with Gasteiger partial charge in [0.15, 0.2) is 17.2 Å². The van der Waals surface area contributed by atoms with Gasteiger partial charge in [0.2, 0.25) is 0 Å². The third kappa shape index (κ3) is 3.28. The van der Waals surface area contributed by atoms with Gasteiger partial charge in [-0.25, -0.2) is 9.97 Å². The quantitative estimate of drug-likeness (QED) is 0.747. The highest BCUT2D eigenvalue weighted by Crippen LogP contribution is 2.26. The fourth-order valence-electron chi connectivity index (χ4n) is 2.41. The molecule has 0 saturated heterocycles. The van der Waals surface area contributed by atoms with Gasteiger partial charge in [0.05, 0.1) is 12.5 Å². The molecule has 0 aliphatic rings. The average Bonchev–Trinajstić information content (AvgIpc) is 2.87. The first-order chi connectivity index (χ1) is 11.0. The zero-order valence-electron chi connectivity index (χ0n) is 12.8. The monoisotopic (exact) mass is 312 g/mol. The predicted octanol–water partition coefficient (Wildman–Crippen LogP) is 2.86. The van der Waals surface area contributed by atoms with Gasteiger partial charge < -0.3 is 14.8 Å². The molecule has 0 spiro atoms. The summed E-state index contributed by atoms with van der Waals surface area (Å²) in [6.45, 7) is 3.48. The highest BCUT2D eigenvalue weighted by molar-refractivity contribution is 5.82. The molecule has 1 aromatic carbocycles. The van der Waals surface area contributed by atoms with Gasteiger partial charge in [-0.3, -0.25) is 4.79 Å². The van der Waals surface area contributed by atoms with Gasteiger partial charge in [-0.1, -0.05) is 30.3 Å². The van der Waals surface area contributed by atoms with E-state index in [4.69, 9.17) is 4.42 Å². The standard InChI is InChI=1S/C16H16N4O3/c1-9-17-15(14-16(18-9)23-10(2)19-14)20-12(8-13(21)22)11-6-4-3-5-7-11/h3-7,12H,8H2,1-2H3,(H,21,22)(H,17,18,20)/t12-/m1/s1. The summed E-state index contributed by atoms with van der Waals surface area (Å²) >= 11 is 0. The third-order valence-electron chi connectivity index (χ3n) is 3.37. The minimum absolute atomic E-state index is 0.0780. The Morgan fingerprint density at radius 3 is 2.65 bits per heavy atom. The topological polar surface area (TPSA) is 101 Å². The molecule has 0 bridgehead atoms. The average molecular weight is 312 g/mol. The Morgan fingerprint density at radius 1 is 1.22 bits per heavy atom. The van der Waals surface area contributed by atoms with E-state index in [1.807, 2.05) is 30.3 Å². The van der Waals surface area contributed by atoms with Crippen LogP contribution in [0.5, 0.6) is 0 Å². The SMILES string of the molecule is Cc1nc(N[C@H](CC(=O)O)c2ccccc2)c2nc(C)oc2n1. The predicted molar refractivity (Wildman–Crippen MR) is 84.1 cm³/mol. The Labute approximate surface area is 132 Å². The van der Waals surface area contributed by atoms with Gasteiger partial charge in [0.1, 0.15) is 5.82 Å². The Balaban J connectivity index is 2.01. The van der Waals surface area contributed by atoms with E-state index in [0.29, 0.717) is 28.8 Å². The van der Waals surface area contributed by atoms with Crippen molar-refractivity contribution in [1.29, 1.82) is 0 Å². The summed E-state index contributed by atoms with van der Waals surface area (Å²) in [5.41, 5.74) is 1.75. The molecule has 0 saturated carbocycles. The molecule has 1 atom stereocenters. The molecule has 2 heterocycles. The van der Waals surface area contributed by atoms with Crippen molar-refractivity contribution in [3.8, 4) is 0 Å². The van der Waals surface area contributed by atoms with Crippen molar-refractivity contribution in [3.05, 3.63) is 47.6 Å². The number of rotatable bonds is 5. The molecule has 2 aromatic heterocycles. The first kappa shape index (κ1) is 15.0. The third-order valence-corrected chi connectivity index (χ3v) is 3.37. The van der Waals surface area contributed by atoms with E-state index >= 15 is 0 Å². The molecule has 23 heavy (non-hydrogen) atoms. The number of carboxylic acids is 1. The molecule has 7 nitrogen and oxygen atoms in total. The smallest absolute Gasteiger partial charge is 0.305 e. The number of aromatic nitrogens is 3. The molecule has 0 radical (unpaired) electrons. The van der Waals surface area contributed by atoms with Crippen molar-refractivity contribution in [2.75, 3.05) is 5.32 Å². The van der Waals surface area contributed by atoms with Crippen LogP contribution >= 0.6 is 0 Å². The second-order valence-electron chi connectivity index (χ2n) is 5.21. The van der Waals surface area contributed by atoms with Crippen LogP contribution in [0, 0.1) is 13.8 Å². The molecular formula is C16H16N4O3. The van der Waals surface area contributed by atoms with E-state index in [0.717, 1.165) is 5.56 Å². The number of hydrogen-bond acceptors (Lipinski definition) is 6. The number of nitrogens with zero attached hydrogens (tertiary/aromatic N) is 3. The van der Waals surface area contributed by atoms with E-state index in [9.17, 15) is 9.90 Å². The first-order valence-corrected chi connectivity index (χ1v) is 7.18. The molecule has 0 unspecified atom stereocenters.